The molecule has 21 heavy (non-hydrogen) atoms. The lowest BCUT2D eigenvalue weighted by Gasteiger charge is -2.39. The average molecular weight is 279 g/mol. The summed E-state index contributed by atoms with van der Waals surface area (Å²) in [5, 5.41) is 0. The number of nitrogens with zero attached hydrogens (tertiary/aromatic N) is 2. The first-order valence-corrected chi connectivity index (χ1v) is 7.40. The molecule has 0 aliphatic carbocycles. The zero-order valence-corrected chi connectivity index (χ0v) is 12.6. The number of hydrogen-bond donors (Lipinski definition) is 1. The monoisotopic (exact) mass is 279 g/mol. The molecule has 0 fully saturated rings. The summed E-state index contributed by atoms with van der Waals surface area (Å²) in [6, 6.07) is 19.0. The van der Waals surface area contributed by atoms with Crippen molar-refractivity contribution in [2.24, 2.45) is 10.7 Å². The fraction of sp³-hybridized carbons (Fsp3) is 0.278. The molecule has 1 unspecified atom stereocenters. The molecular formula is C18H21N3. The van der Waals surface area contributed by atoms with Gasteiger partial charge in [0.2, 0.25) is 0 Å². The molecule has 3 rings (SSSR count). The number of anilines is 1. The lowest BCUT2D eigenvalue weighted by molar-refractivity contribution is 0.462. The third kappa shape index (κ3) is 2.19. The van der Waals surface area contributed by atoms with E-state index in [1.54, 1.807) is 0 Å². The largest absolute Gasteiger partial charge is 0.369 e. The van der Waals surface area contributed by atoms with Crippen LogP contribution in [0.3, 0.4) is 0 Å². The lowest BCUT2D eigenvalue weighted by Crippen LogP contribution is -2.49. The van der Waals surface area contributed by atoms with Gasteiger partial charge in [-0.25, -0.2) is 0 Å². The van der Waals surface area contributed by atoms with Crippen LogP contribution in [0.2, 0.25) is 0 Å². The van der Waals surface area contributed by atoms with E-state index >= 15 is 0 Å². The molecule has 1 heterocycles. The van der Waals surface area contributed by atoms with E-state index in [2.05, 4.69) is 72.3 Å². The fourth-order valence-corrected chi connectivity index (χ4v) is 3.09. The van der Waals surface area contributed by atoms with Crippen molar-refractivity contribution in [3.8, 4) is 0 Å². The smallest absolute Gasteiger partial charge is 0.196 e. The Balaban J connectivity index is 2.10. The summed E-state index contributed by atoms with van der Waals surface area (Å²) in [7, 11) is 0. The first-order valence-electron chi connectivity index (χ1n) is 7.40. The molecule has 3 heteroatoms. The van der Waals surface area contributed by atoms with Gasteiger partial charge in [0, 0.05) is 5.69 Å². The maximum absolute atomic E-state index is 6.21. The summed E-state index contributed by atoms with van der Waals surface area (Å²) < 4.78 is 0. The molecule has 0 bridgehead atoms. The van der Waals surface area contributed by atoms with Crippen molar-refractivity contribution >= 4 is 11.6 Å². The molecule has 1 atom stereocenters. The summed E-state index contributed by atoms with van der Waals surface area (Å²) in [6.45, 7) is 4.99. The first kappa shape index (κ1) is 13.7. The van der Waals surface area contributed by atoms with Crippen molar-refractivity contribution in [2.75, 3.05) is 11.4 Å². The fourth-order valence-electron chi connectivity index (χ4n) is 3.09. The van der Waals surface area contributed by atoms with Gasteiger partial charge in [-0.3, -0.25) is 4.99 Å². The van der Waals surface area contributed by atoms with E-state index in [4.69, 9.17) is 5.73 Å². The third-order valence-corrected chi connectivity index (χ3v) is 4.35. The number of guanidine groups is 1. The van der Waals surface area contributed by atoms with E-state index in [0.29, 0.717) is 12.5 Å². The number of rotatable bonds is 3. The number of aliphatic imine (C=N–C) groups is 1. The maximum atomic E-state index is 6.21. The van der Waals surface area contributed by atoms with Crippen LogP contribution in [0.5, 0.6) is 0 Å². The van der Waals surface area contributed by atoms with Gasteiger partial charge in [0.05, 0.1) is 12.1 Å². The number of aryl methyl sites for hydroxylation is 1. The van der Waals surface area contributed by atoms with Gasteiger partial charge in [-0.05, 0) is 31.0 Å². The molecule has 2 aromatic rings. The predicted octanol–water partition coefficient (Wildman–Crippen LogP) is 3.44. The molecule has 1 aliphatic heterocycles. The van der Waals surface area contributed by atoms with Crippen LogP contribution in [0, 0.1) is 6.92 Å². The maximum Gasteiger partial charge on any atom is 0.196 e. The van der Waals surface area contributed by atoms with Gasteiger partial charge < -0.3 is 10.6 Å². The highest BCUT2D eigenvalue weighted by Crippen LogP contribution is 2.39. The Labute approximate surface area is 126 Å². The summed E-state index contributed by atoms with van der Waals surface area (Å²) in [4.78, 5) is 6.72. The summed E-state index contributed by atoms with van der Waals surface area (Å²) in [5.41, 5.74) is 9.64. The molecule has 0 amide bonds. The van der Waals surface area contributed by atoms with Crippen LogP contribution in [-0.2, 0) is 5.54 Å². The minimum Gasteiger partial charge on any atom is -0.369 e. The Morgan fingerprint density at radius 1 is 1.10 bits per heavy atom. The van der Waals surface area contributed by atoms with E-state index in [9.17, 15) is 0 Å². The summed E-state index contributed by atoms with van der Waals surface area (Å²) in [5.74, 6) is 0.601. The van der Waals surface area contributed by atoms with Gasteiger partial charge in [-0.1, -0.05) is 55.0 Å². The van der Waals surface area contributed by atoms with Gasteiger partial charge in [-0.15, -0.1) is 0 Å². The van der Waals surface area contributed by atoms with Crippen LogP contribution in [0.1, 0.15) is 24.5 Å². The van der Waals surface area contributed by atoms with Gasteiger partial charge >= 0.3 is 0 Å². The number of nitrogens with two attached hydrogens (primary N) is 1. The van der Waals surface area contributed by atoms with Crippen molar-refractivity contribution < 1.29 is 0 Å². The number of hydrogen-bond acceptors (Lipinski definition) is 3. The van der Waals surface area contributed by atoms with E-state index in [1.807, 2.05) is 6.07 Å². The predicted molar refractivity (Wildman–Crippen MR) is 88.6 cm³/mol. The lowest BCUT2D eigenvalue weighted by atomic mass is 9.86. The molecular weight excluding hydrogens is 258 g/mol. The molecule has 0 saturated heterocycles. The van der Waals surface area contributed by atoms with Crippen LogP contribution in [0.15, 0.2) is 59.6 Å². The van der Waals surface area contributed by atoms with Crippen LogP contribution >= 0.6 is 0 Å². The minimum absolute atomic E-state index is 0.180. The summed E-state index contributed by atoms with van der Waals surface area (Å²) >= 11 is 0. The molecule has 0 radical (unpaired) electrons. The van der Waals surface area contributed by atoms with Crippen LogP contribution in [0.4, 0.5) is 5.69 Å². The Hall–Kier alpha value is -2.29. The van der Waals surface area contributed by atoms with Crippen LogP contribution in [-0.4, -0.2) is 12.5 Å². The molecule has 108 valence electrons. The van der Waals surface area contributed by atoms with Crippen molar-refractivity contribution in [3.05, 3.63) is 65.7 Å². The van der Waals surface area contributed by atoms with Crippen LogP contribution < -0.4 is 10.6 Å². The highest BCUT2D eigenvalue weighted by atomic mass is 15.4. The van der Waals surface area contributed by atoms with E-state index in [0.717, 1.165) is 12.1 Å². The van der Waals surface area contributed by atoms with Crippen molar-refractivity contribution in [1.29, 1.82) is 0 Å². The highest BCUT2D eigenvalue weighted by molar-refractivity contribution is 5.98. The quantitative estimate of drug-likeness (QED) is 0.935. The molecule has 3 nitrogen and oxygen atoms in total. The third-order valence-electron chi connectivity index (χ3n) is 4.35. The molecule has 0 spiro atoms. The normalized spacial score (nSPS) is 21.4. The Bertz CT molecular complexity index is 646. The second-order valence-electron chi connectivity index (χ2n) is 5.60. The molecule has 0 aromatic heterocycles. The van der Waals surface area contributed by atoms with Crippen LogP contribution in [0.25, 0.3) is 0 Å². The molecule has 0 saturated carbocycles. The number of benzene rings is 2. The van der Waals surface area contributed by atoms with Crippen molar-refractivity contribution in [2.45, 2.75) is 25.8 Å². The molecule has 1 aliphatic rings. The average Bonchev–Trinajstić information content (AvgIpc) is 2.87. The topological polar surface area (TPSA) is 41.6 Å². The Morgan fingerprint density at radius 3 is 2.38 bits per heavy atom. The minimum atomic E-state index is -0.180. The Morgan fingerprint density at radius 2 is 1.76 bits per heavy atom. The first-order chi connectivity index (χ1) is 10.2. The van der Waals surface area contributed by atoms with Crippen molar-refractivity contribution in [1.82, 2.24) is 0 Å². The Kier molecular flexibility index (Phi) is 3.42. The highest BCUT2D eigenvalue weighted by Gasteiger charge is 2.43. The zero-order valence-electron chi connectivity index (χ0n) is 12.6. The van der Waals surface area contributed by atoms with Gasteiger partial charge in [0.15, 0.2) is 5.96 Å². The second kappa shape index (κ2) is 5.24. The van der Waals surface area contributed by atoms with Crippen molar-refractivity contribution in [3.63, 3.8) is 0 Å². The van der Waals surface area contributed by atoms with E-state index in [1.165, 1.54) is 11.1 Å². The van der Waals surface area contributed by atoms with Gasteiger partial charge in [0.1, 0.15) is 0 Å². The second-order valence-corrected chi connectivity index (χ2v) is 5.60. The molecule has 2 N–H and O–H groups in total. The van der Waals surface area contributed by atoms with E-state index in [-0.39, 0.29) is 5.54 Å². The SMILES string of the molecule is CCC1(c2ccccc2)CN=C(N)N1c1ccc(C)cc1. The zero-order chi connectivity index (χ0) is 14.9. The molecule has 2 aromatic carbocycles. The summed E-state index contributed by atoms with van der Waals surface area (Å²) in [6.07, 6.45) is 0.953. The van der Waals surface area contributed by atoms with E-state index < -0.39 is 0 Å². The van der Waals surface area contributed by atoms with Gasteiger partial charge in [0.25, 0.3) is 0 Å². The van der Waals surface area contributed by atoms with Gasteiger partial charge in [-0.2, -0.15) is 0 Å². The standard InChI is InChI=1S/C18H21N3/c1-3-18(15-7-5-4-6-8-15)13-20-17(19)21(18)16-11-9-14(2)10-12-16/h4-12H,3,13H2,1-2H3,(H2,19,20).